The molecule has 0 spiro atoms. The van der Waals surface area contributed by atoms with Gasteiger partial charge >= 0.3 is 6.18 Å². The lowest BCUT2D eigenvalue weighted by molar-refractivity contribution is -0.199. The Kier molecular flexibility index (Phi) is 6.39. The lowest BCUT2D eigenvalue weighted by atomic mass is 10.1. The summed E-state index contributed by atoms with van der Waals surface area (Å²) in [6.45, 7) is 3.35. The van der Waals surface area contributed by atoms with Gasteiger partial charge in [0.2, 0.25) is 0 Å². The fourth-order valence-electron chi connectivity index (χ4n) is 5.07. The average molecular weight is 557 g/mol. The minimum absolute atomic E-state index is 0.203. The quantitative estimate of drug-likeness (QED) is 0.249. The first-order chi connectivity index (χ1) is 19.0. The van der Waals surface area contributed by atoms with Crippen LogP contribution in [-0.2, 0) is 20.4 Å². The Hall–Kier alpha value is -3.81. The zero-order chi connectivity index (χ0) is 28.2. The Morgan fingerprint density at radius 2 is 1.93 bits per heavy atom. The maximum atomic E-state index is 13.9. The molecule has 5 heterocycles. The van der Waals surface area contributed by atoms with Gasteiger partial charge in [-0.3, -0.25) is 4.98 Å². The number of ether oxygens (including phenoxy) is 4. The molecule has 0 radical (unpaired) electrons. The second-order valence-electron chi connectivity index (χ2n) is 10.3. The van der Waals surface area contributed by atoms with Gasteiger partial charge in [-0.1, -0.05) is 6.07 Å². The van der Waals surface area contributed by atoms with E-state index in [9.17, 15) is 13.2 Å². The molecule has 6 rings (SSSR count). The summed E-state index contributed by atoms with van der Waals surface area (Å²) in [5, 5.41) is 1.07. The number of pyridine rings is 1. The topological polar surface area (TPSA) is 96.1 Å². The number of aliphatic imine (C=N–C) groups is 1. The molecule has 2 aliphatic rings. The fraction of sp³-hybridized carbons (Fsp3) is 0.407. The van der Waals surface area contributed by atoms with E-state index in [0.29, 0.717) is 27.8 Å². The molecule has 4 aromatic rings. The van der Waals surface area contributed by atoms with E-state index in [1.54, 1.807) is 48.0 Å². The van der Waals surface area contributed by atoms with Crippen LogP contribution in [0.3, 0.4) is 0 Å². The molecule has 1 unspecified atom stereocenters. The predicted molar refractivity (Wildman–Crippen MR) is 139 cm³/mol. The number of benzene rings is 1. The lowest BCUT2D eigenvalue weighted by Gasteiger charge is -2.25. The molecule has 1 aromatic carbocycles. The van der Waals surface area contributed by atoms with Crippen LogP contribution < -0.4 is 4.74 Å². The van der Waals surface area contributed by atoms with Crippen LogP contribution in [0.1, 0.15) is 25.6 Å². The molecule has 0 N–H and O–H groups in total. The van der Waals surface area contributed by atoms with Crippen LogP contribution in [0.2, 0.25) is 0 Å². The van der Waals surface area contributed by atoms with Crippen LogP contribution >= 0.6 is 0 Å². The summed E-state index contributed by atoms with van der Waals surface area (Å²) in [7, 11) is 3.71. The Bertz CT molecular complexity index is 1590. The summed E-state index contributed by atoms with van der Waals surface area (Å²) in [6.07, 6.45) is -0.832. The Morgan fingerprint density at radius 1 is 1.12 bits per heavy atom. The predicted octanol–water partition coefficient (Wildman–Crippen LogP) is 4.72. The van der Waals surface area contributed by atoms with Crippen LogP contribution in [0.5, 0.6) is 5.75 Å². The molecule has 210 valence electrons. The van der Waals surface area contributed by atoms with Crippen molar-refractivity contribution < 1.29 is 32.1 Å². The molecule has 10 nitrogen and oxygen atoms in total. The van der Waals surface area contributed by atoms with E-state index in [4.69, 9.17) is 18.9 Å². The molecular weight excluding hydrogens is 529 g/mol. The van der Waals surface area contributed by atoms with Crippen molar-refractivity contribution in [3.8, 4) is 5.75 Å². The maximum Gasteiger partial charge on any atom is 0.419 e. The van der Waals surface area contributed by atoms with Crippen molar-refractivity contribution >= 4 is 34.1 Å². The number of alkyl halides is 3. The summed E-state index contributed by atoms with van der Waals surface area (Å²) in [5.74, 6) is -0.776. The summed E-state index contributed by atoms with van der Waals surface area (Å²) >= 11 is 0. The normalized spacial score (nSPS) is 24.3. The van der Waals surface area contributed by atoms with Crippen molar-refractivity contribution in [2.24, 2.45) is 4.99 Å². The summed E-state index contributed by atoms with van der Waals surface area (Å²) in [4.78, 5) is 19.1. The Balaban J connectivity index is 1.31. The molecule has 40 heavy (non-hydrogen) atoms. The van der Waals surface area contributed by atoms with Gasteiger partial charge in [-0.05, 0) is 32.0 Å². The molecule has 0 aliphatic carbocycles. The van der Waals surface area contributed by atoms with Gasteiger partial charge in [0.05, 0.1) is 22.8 Å². The second-order valence-corrected chi connectivity index (χ2v) is 10.3. The molecule has 0 amide bonds. The number of fused-ring (bicyclic) bond motifs is 3. The second kappa shape index (κ2) is 9.68. The average Bonchev–Trinajstić information content (AvgIpc) is 3.56. The van der Waals surface area contributed by atoms with E-state index in [1.807, 2.05) is 20.2 Å². The van der Waals surface area contributed by atoms with Crippen LogP contribution in [0.25, 0.3) is 21.9 Å². The number of nitrogens with zero attached hydrogens (tertiary/aromatic N) is 6. The van der Waals surface area contributed by atoms with Crippen molar-refractivity contribution in [3.05, 3.63) is 54.6 Å². The number of hydrogen-bond acceptors (Lipinski definition) is 8. The van der Waals surface area contributed by atoms with Crippen LogP contribution in [0.15, 0.2) is 54.0 Å². The van der Waals surface area contributed by atoms with E-state index < -0.39 is 42.1 Å². The Labute approximate surface area is 227 Å². The third-order valence-electron chi connectivity index (χ3n) is 6.71. The number of aromatic nitrogens is 4. The van der Waals surface area contributed by atoms with Gasteiger partial charge in [-0.15, -0.1) is 0 Å². The minimum atomic E-state index is -4.62. The smallest absolute Gasteiger partial charge is 0.419 e. The highest BCUT2D eigenvalue weighted by Gasteiger charge is 2.56. The first-order valence-corrected chi connectivity index (χ1v) is 12.6. The molecule has 2 fully saturated rings. The zero-order valence-corrected chi connectivity index (χ0v) is 22.2. The van der Waals surface area contributed by atoms with Gasteiger partial charge in [0, 0.05) is 37.9 Å². The molecule has 0 saturated carbocycles. The third kappa shape index (κ3) is 4.84. The molecule has 13 heteroatoms. The summed E-state index contributed by atoms with van der Waals surface area (Å²) in [6, 6.07) is 7.33. The van der Waals surface area contributed by atoms with E-state index in [-0.39, 0.29) is 12.4 Å². The molecule has 2 aliphatic heterocycles. The van der Waals surface area contributed by atoms with E-state index in [2.05, 4.69) is 19.9 Å². The number of halogens is 3. The third-order valence-corrected chi connectivity index (χ3v) is 6.71. The minimum Gasteiger partial charge on any atom is -0.490 e. The number of rotatable bonds is 6. The van der Waals surface area contributed by atoms with Crippen molar-refractivity contribution in [1.29, 1.82) is 0 Å². The summed E-state index contributed by atoms with van der Waals surface area (Å²) < 4.78 is 68.0. The molecule has 3 aromatic heterocycles. The number of hydrogen-bond donors (Lipinski definition) is 0. The highest BCUT2D eigenvalue weighted by atomic mass is 19.4. The van der Waals surface area contributed by atoms with Gasteiger partial charge in [0.25, 0.3) is 0 Å². The molecule has 4 atom stereocenters. The summed E-state index contributed by atoms with van der Waals surface area (Å²) in [5.41, 5.74) is 0.0721. The van der Waals surface area contributed by atoms with Gasteiger partial charge in [0.15, 0.2) is 17.8 Å². The highest BCUT2D eigenvalue weighted by molar-refractivity contribution is 5.87. The lowest BCUT2D eigenvalue weighted by Crippen LogP contribution is -2.34. The molecule has 2 saturated heterocycles. The highest BCUT2D eigenvalue weighted by Crippen LogP contribution is 2.45. The monoisotopic (exact) mass is 556 g/mol. The molecular formula is C27H27F3N6O4. The van der Waals surface area contributed by atoms with Crippen LogP contribution in [-0.4, -0.2) is 75.6 Å². The van der Waals surface area contributed by atoms with Crippen molar-refractivity contribution in [2.45, 2.75) is 50.4 Å². The van der Waals surface area contributed by atoms with Crippen molar-refractivity contribution in [1.82, 2.24) is 24.4 Å². The fourth-order valence-corrected chi connectivity index (χ4v) is 5.07. The van der Waals surface area contributed by atoms with Crippen LogP contribution in [0, 0.1) is 0 Å². The first kappa shape index (κ1) is 26.4. The van der Waals surface area contributed by atoms with Gasteiger partial charge in [-0.25, -0.2) is 15.0 Å². The Morgan fingerprint density at radius 3 is 2.70 bits per heavy atom. The van der Waals surface area contributed by atoms with Crippen molar-refractivity contribution in [2.75, 3.05) is 20.7 Å². The SMILES string of the molecule is CN(C)C=Nc1ncnc2c1ccn2[C@@H]1O[C@H](COc2cc3ncccc3cc2C(F)(F)F)[C@H]2OC(C)(C)OC12. The van der Waals surface area contributed by atoms with E-state index in [0.717, 1.165) is 6.07 Å². The van der Waals surface area contributed by atoms with Crippen LogP contribution in [0.4, 0.5) is 19.0 Å². The maximum absolute atomic E-state index is 13.9. The zero-order valence-electron chi connectivity index (χ0n) is 22.2. The van der Waals surface area contributed by atoms with E-state index in [1.165, 1.54) is 18.6 Å². The standard InChI is InChI=1S/C27H27F3N6O4/c1-26(2)39-21-20(12-37-19-11-18-15(6-5-8-31-18)10-17(19)27(28,29)30)38-25(22(21)40-26)36-9-7-16-23(34-14-35(3)4)32-13-33-24(16)36/h5-11,13-14,20-22,25H,12H2,1-4H3/t20-,21-,22?,25-/m1/s1. The van der Waals surface area contributed by atoms with Gasteiger partial charge in [-0.2, -0.15) is 13.2 Å². The van der Waals surface area contributed by atoms with E-state index >= 15 is 0 Å². The first-order valence-electron chi connectivity index (χ1n) is 12.6. The largest absolute Gasteiger partial charge is 0.490 e. The van der Waals surface area contributed by atoms with Gasteiger partial charge in [0.1, 0.15) is 42.6 Å². The van der Waals surface area contributed by atoms with Gasteiger partial charge < -0.3 is 28.4 Å². The molecule has 0 bridgehead atoms. The van der Waals surface area contributed by atoms with Crippen molar-refractivity contribution in [3.63, 3.8) is 0 Å².